The molecule has 1 aliphatic rings. The molecule has 0 amide bonds. The van der Waals surface area contributed by atoms with Gasteiger partial charge in [0.2, 0.25) is 0 Å². The number of anilines is 1. The van der Waals surface area contributed by atoms with Crippen molar-refractivity contribution in [2.75, 3.05) is 38.1 Å². The second-order valence-electron chi connectivity index (χ2n) is 5.95. The van der Waals surface area contributed by atoms with E-state index < -0.39 is 0 Å². The maximum atomic E-state index is 6.11. The van der Waals surface area contributed by atoms with Crippen LogP contribution in [-0.4, -0.2) is 42.7 Å². The number of rotatable bonds is 7. The largest absolute Gasteiger partial charge is 0.489 e. The number of benzene rings is 1. The van der Waals surface area contributed by atoms with Gasteiger partial charge in [-0.1, -0.05) is 35.3 Å². The first-order valence-electron chi connectivity index (χ1n) is 8.16. The Bertz CT molecular complexity index is 634. The summed E-state index contributed by atoms with van der Waals surface area (Å²) in [5, 5.41) is 4.51. The van der Waals surface area contributed by atoms with Crippen molar-refractivity contribution in [1.82, 2.24) is 9.88 Å². The van der Waals surface area contributed by atoms with E-state index in [0.29, 0.717) is 28.3 Å². The van der Waals surface area contributed by atoms with Crippen molar-refractivity contribution in [2.24, 2.45) is 5.92 Å². The highest BCUT2D eigenvalue weighted by atomic mass is 35.5. The first-order valence-corrected chi connectivity index (χ1v) is 8.92. The average molecular weight is 366 g/mol. The van der Waals surface area contributed by atoms with Crippen LogP contribution in [0.15, 0.2) is 42.6 Å². The van der Waals surface area contributed by atoms with Gasteiger partial charge < -0.3 is 10.1 Å². The predicted molar refractivity (Wildman–Crippen MR) is 99.2 cm³/mol. The molecule has 0 saturated carbocycles. The van der Waals surface area contributed by atoms with Gasteiger partial charge in [0, 0.05) is 25.8 Å². The smallest absolute Gasteiger partial charge is 0.156 e. The Morgan fingerprint density at radius 3 is 2.75 bits per heavy atom. The summed E-state index contributed by atoms with van der Waals surface area (Å²) in [6.45, 7) is 4.57. The molecule has 0 aliphatic carbocycles. The number of para-hydroxylation sites is 1. The summed E-state index contributed by atoms with van der Waals surface area (Å²) in [6, 6.07) is 11.3. The molecule has 128 valence electrons. The van der Waals surface area contributed by atoms with E-state index in [2.05, 4.69) is 15.2 Å². The second-order valence-corrected chi connectivity index (χ2v) is 6.76. The fourth-order valence-electron chi connectivity index (χ4n) is 2.90. The highest BCUT2D eigenvalue weighted by Crippen LogP contribution is 2.32. The Kier molecular flexibility index (Phi) is 6.18. The first kappa shape index (κ1) is 17.3. The van der Waals surface area contributed by atoms with Gasteiger partial charge in [-0.3, -0.25) is 4.90 Å². The van der Waals surface area contributed by atoms with Crippen molar-refractivity contribution in [1.29, 1.82) is 0 Å². The van der Waals surface area contributed by atoms with Crippen LogP contribution < -0.4 is 10.1 Å². The van der Waals surface area contributed by atoms with E-state index in [1.165, 1.54) is 6.42 Å². The number of ether oxygens (including phenoxy) is 1. The minimum Gasteiger partial charge on any atom is -0.489 e. The summed E-state index contributed by atoms with van der Waals surface area (Å²) in [4.78, 5) is 6.70. The van der Waals surface area contributed by atoms with Gasteiger partial charge in [-0.15, -0.1) is 0 Å². The minimum absolute atomic E-state index is 0.557. The van der Waals surface area contributed by atoms with Gasteiger partial charge in [0.05, 0.1) is 10.0 Å². The average Bonchev–Trinajstić information content (AvgIpc) is 3.04. The lowest BCUT2D eigenvalue weighted by atomic mass is 10.1. The molecule has 1 aliphatic heterocycles. The predicted octanol–water partition coefficient (Wildman–Crippen LogP) is 4.20. The molecule has 24 heavy (non-hydrogen) atoms. The maximum Gasteiger partial charge on any atom is 0.156 e. The van der Waals surface area contributed by atoms with Crippen LogP contribution in [0.25, 0.3) is 0 Å². The first-order chi connectivity index (χ1) is 11.7. The van der Waals surface area contributed by atoms with Crippen LogP contribution in [0.4, 0.5) is 5.82 Å². The summed E-state index contributed by atoms with van der Waals surface area (Å²) in [5.41, 5.74) is 0. The zero-order valence-corrected chi connectivity index (χ0v) is 14.9. The van der Waals surface area contributed by atoms with E-state index in [1.54, 1.807) is 18.3 Å². The van der Waals surface area contributed by atoms with Gasteiger partial charge in [0.15, 0.2) is 5.75 Å². The molecular formula is C18H21Cl2N3O. The number of hydrogen-bond donors (Lipinski definition) is 1. The van der Waals surface area contributed by atoms with Crippen LogP contribution >= 0.6 is 23.2 Å². The number of nitrogens with one attached hydrogen (secondary N) is 1. The normalized spacial score (nSPS) is 17.8. The third-order valence-electron chi connectivity index (χ3n) is 4.18. The topological polar surface area (TPSA) is 37.4 Å². The van der Waals surface area contributed by atoms with Crippen LogP contribution in [0, 0.1) is 5.92 Å². The summed E-state index contributed by atoms with van der Waals surface area (Å²) < 4.78 is 5.76. The Morgan fingerprint density at radius 2 is 2.00 bits per heavy atom. The minimum atomic E-state index is 0.557. The monoisotopic (exact) mass is 365 g/mol. The molecule has 1 saturated heterocycles. The number of nitrogens with zero attached hydrogens (tertiary/aromatic N) is 2. The number of hydrogen-bond acceptors (Lipinski definition) is 4. The molecule has 0 radical (unpaired) electrons. The number of pyridine rings is 1. The number of halogens is 2. The molecule has 1 aromatic carbocycles. The SMILES string of the molecule is Clc1cccc(Cl)c1OCCN1CCC(CNc2ccccn2)C1. The molecule has 0 spiro atoms. The molecule has 1 N–H and O–H groups in total. The zero-order chi connectivity index (χ0) is 16.8. The van der Waals surface area contributed by atoms with Crippen LogP contribution in [0.3, 0.4) is 0 Å². The van der Waals surface area contributed by atoms with Gasteiger partial charge in [-0.05, 0) is 43.1 Å². The van der Waals surface area contributed by atoms with Gasteiger partial charge in [0.1, 0.15) is 12.4 Å². The lowest BCUT2D eigenvalue weighted by molar-refractivity contribution is 0.233. The lowest BCUT2D eigenvalue weighted by Crippen LogP contribution is -2.27. The van der Waals surface area contributed by atoms with Gasteiger partial charge in [-0.25, -0.2) is 4.98 Å². The second kappa shape index (κ2) is 8.56. The quantitative estimate of drug-likeness (QED) is 0.797. The highest BCUT2D eigenvalue weighted by molar-refractivity contribution is 6.37. The molecule has 0 bridgehead atoms. The summed E-state index contributed by atoms with van der Waals surface area (Å²) in [6.07, 6.45) is 2.99. The Morgan fingerprint density at radius 1 is 1.17 bits per heavy atom. The van der Waals surface area contributed by atoms with E-state index >= 15 is 0 Å². The molecule has 4 nitrogen and oxygen atoms in total. The van der Waals surface area contributed by atoms with E-state index in [4.69, 9.17) is 27.9 Å². The molecule has 3 rings (SSSR count). The van der Waals surface area contributed by atoms with E-state index in [-0.39, 0.29) is 0 Å². The van der Waals surface area contributed by atoms with E-state index in [9.17, 15) is 0 Å². The molecule has 1 aromatic heterocycles. The van der Waals surface area contributed by atoms with E-state index in [0.717, 1.165) is 32.0 Å². The molecule has 1 unspecified atom stereocenters. The van der Waals surface area contributed by atoms with Crippen LogP contribution in [0.1, 0.15) is 6.42 Å². The summed E-state index contributed by atoms with van der Waals surface area (Å²) in [7, 11) is 0. The fraction of sp³-hybridized carbons (Fsp3) is 0.389. The van der Waals surface area contributed by atoms with Crippen molar-refractivity contribution in [2.45, 2.75) is 6.42 Å². The Hall–Kier alpha value is -1.49. The summed E-state index contributed by atoms with van der Waals surface area (Å²) in [5.74, 6) is 2.15. The van der Waals surface area contributed by atoms with Crippen molar-refractivity contribution in [3.8, 4) is 5.75 Å². The summed E-state index contributed by atoms with van der Waals surface area (Å²) >= 11 is 12.2. The molecule has 2 aromatic rings. The van der Waals surface area contributed by atoms with Gasteiger partial charge >= 0.3 is 0 Å². The fourth-order valence-corrected chi connectivity index (χ4v) is 3.40. The van der Waals surface area contributed by atoms with Crippen molar-refractivity contribution in [3.63, 3.8) is 0 Å². The molecule has 6 heteroatoms. The highest BCUT2D eigenvalue weighted by Gasteiger charge is 2.22. The molecule has 1 fully saturated rings. The third kappa shape index (κ3) is 4.76. The maximum absolute atomic E-state index is 6.11. The van der Waals surface area contributed by atoms with E-state index in [1.807, 2.05) is 24.3 Å². The number of likely N-dealkylation sites (tertiary alicyclic amines) is 1. The standard InChI is InChI=1S/C18H21Cl2N3O/c19-15-4-3-5-16(20)18(15)24-11-10-23-9-7-14(13-23)12-22-17-6-1-2-8-21-17/h1-6,8,14H,7,9-13H2,(H,21,22). The van der Waals surface area contributed by atoms with Crippen LogP contribution in [-0.2, 0) is 0 Å². The van der Waals surface area contributed by atoms with Crippen molar-refractivity contribution in [3.05, 3.63) is 52.6 Å². The number of aromatic nitrogens is 1. The molecule has 1 atom stereocenters. The van der Waals surface area contributed by atoms with Crippen molar-refractivity contribution >= 4 is 29.0 Å². The van der Waals surface area contributed by atoms with Crippen LogP contribution in [0.2, 0.25) is 10.0 Å². The van der Waals surface area contributed by atoms with Crippen molar-refractivity contribution < 1.29 is 4.74 Å². The third-order valence-corrected chi connectivity index (χ3v) is 4.77. The molecule has 2 heterocycles. The van der Waals surface area contributed by atoms with Crippen LogP contribution in [0.5, 0.6) is 5.75 Å². The molecular weight excluding hydrogens is 345 g/mol. The Balaban J connectivity index is 1.39. The van der Waals surface area contributed by atoms with Gasteiger partial charge in [0.25, 0.3) is 0 Å². The zero-order valence-electron chi connectivity index (χ0n) is 13.4. The van der Waals surface area contributed by atoms with Gasteiger partial charge in [-0.2, -0.15) is 0 Å². The Labute approximate surface area is 152 Å². The lowest BCUT2D eigenvalue weighted by Gasteiger charge is -2.17.